The summed E-state index contributed by atoms with van der Waals surface area (Å²) in [7, 11) is -15.4. The Hall–Kier alpha value is -0.282. The van der Waals surface area contributed by atoms with Crippen molar-refractivity contribution in [1.82, 2.24) is 0 Å². The van der Waals surface area contributed by atoms with Crippen molar-refractivity contribution in [3.05, 3.63) is 60.7 Å². The van der Waals surface area contributed by atoms with E-state index >= 15 is 0 Å². The van der Waals surface area contributed by atoms with E-state index in [1.54, 1.807) is 0 Å². The van der Waals surface area contributed by atoms with Crippen LogP contribution in [0.2, 0.25) is 65.5 Å². The summed E-state index contributed by atoms with van der Waals surface area (Å²) in [5, 5.41) is 2.02. The topological polar surface area (TPSA) is 55.4 Å². The van der Waals surface area contributed by atoms with E-state index in [0.29, 0.717) is 0 Å². The summed E-state index contributed by atoms with van der Waals surface area (Å²) in [5.41, 5.74) is 0. The smallest absolute Gasteiger partial charge is 0.420 e. The molecule has 0 aromatic heterocycles. The molecule has 0 amide bonds. The molecule has 0 radical (unpaired) electrons. The van der Waals surface area contributed by atoms with Crippen LogP contribution in [-0.4, -0.2) is 62.3 Å². The fraction of sp³-hybridized carbons (Fsp3) is 0.455. The zero-order chi connectivity index (χ0) is 26.3. The van der Waals surface area contributed by atoms with E-state index in [2.05, 4.69) is 76.6 Å². The predicted molar refractivity (Wildman–Crippen MR) is 163 cm³/mol. The lowest BCUT2D eigenvalue weighted by molar-refractivity contribution is 0.214. The minimum atomic E-state index is -3.37. The fourth-order valence-electron chi connectivity index (χ4n) is 4.12. The van der Waals surface area contributed by atoms with Gasteiger partial charge in [0.15, 0.2) is 36.2 Å². The molecule has 0 unspecified atom stereocenters. The van der Waals surface area contributed by atoms with Gasteiger partial charge >= 0.3 is 26.2 Å². The molecule has 0 N–H and O–H groups in total. The quantitative estimate of drug-likeness (QED) is 0.310. The monoisotopic (exact) mass is 600 g/mol. The zero-order valence-corrected chi connectivity index (χ0v) is 30.7. The highest BCUT2D eigenvalue weighted by molar-refractivity contribution is 7.01. The molecule has 0 fully saturated rings. The molecule has 2 aromatic carbocycles. The Labute approximate surface area is 222 Å². The van der Waals surface area contributed by atoms with E-state index in [4.69, 9.17) is 24.7 Å². The lowest BCUT2D eigenvalue weighted by Crippen LogP contribution is -2.73. The molecule has 0 atom stereocenters. The van der Waals surface area contributed by atoms with Crippen molar-refractivity contribution in [2.75, 3.05) is 0 Å². The summed E-state index contributed by atoms with van der Waals surface area (Å²) >= 11 is 0. The molecule has 0 aliphatic heterocycles. The summed E-state index contributed by atoms with van der Waals surface area (Å²) in [5.74, 6) is 0. The highest BCUT2D eigenvalue weighted by Gasteiger charge is 2.57. The molecule has 0 bridgehead atoms. The van der Waals surface area contributed by atoms with E-state index in [9.17, 15) is 0 Å². The Balaban J connectivity index is 2.80. The number of hydrogen-bond acceptors (Lipinski definition) is 6. The second-order valence-corrected chi connectivity index (χ2v) is 29.6. The van der Waals surface area contributed by atoms with Gasteiger partial charge in [-0.25, -0.2) is 0 Å². The first-order valence-electron chi connectivity index (χ1n) is 12.5. The van der Waals surface area contributed by atoms with Gasteiger partial charge in [0, 0.05) is 13.1 Å². The largest absolute Gasteiger partial charge is 0.467 e. The van der Waals surface area contributed by atoms with Crippen molar-refractivity contribution >= 4 is 72.7 Å². The van der Waals surface area contributed by atoms with Crippen LogP contribution in [0.5, 0.6) is 0 Å². The summed E-state index contributed by atoms with van der Waals surface area (Å²) in [6.07, 6.45) is 0. The molecule has 2 aromatic rings. The van der Waals surface area contributed by atoms with Crippen molar-refractivity contribution in [2.45, 2.75) is 65.5 Å². The molecule has 196 valence electrons. The van der Waals surface area contributed by atoms with E-state index < -0.39 is 62.3 Å². The third kappa shape index (κ3) is 9.51. The molecule has 0 aliphatic carbocycles. The zero-order valence-electron chi connectivity index (χ0n) is 23.0. The summed E-state index contributed by atoms with van der Waals surface area (Å²) in [4.78, 5) is 0. The number of benzene rings is 2. The van der Waals surface area contributed by atoms with Crippen LogP contribution in [0, 0.1) is 0 Å². The van der Waals surface area contributed by atoms with Crippen molar-refractivity contribution in [1.29, 1.82) is 0 Å². The number of rotatable bonds is 14. The molecule has 13 heteroatoms. The van der Waals surface area contributed by atoms with Crippen molar-refractivity contribution in [2.24, 2.45) is 0 Å². The fourth-order valence-corrected chi connectivity index (χ4v) is 30.0. The lowest BCUT2D eigenvalue weighted by atomic mass is 10.4. The number of hydrogen-bond donors (Lipinski definition) is 0. The Morgan fingerprint density at radius 2 is 0.714 bits per heavy atom. The van der Waals surface area contributed by atoms with Gasteiger partial charge in [-0.3, -0.25) is 0 Å². The van der Waals surface area contributed by atoms with Crippen LogP contribution in [0.15, 0.2) is 60.7 Å². The molecular formula is C22H44O6Si7. The molecule has 0 saturated heterocycles. The molecule has 0 aliphatic rings. The maximum atomic E-state index is 7.26. The molecule has 6 nitrogen and oxygen atoms in total. The summed E-state index contributed by atoms with van der Waals surface area (Å²) in [6.45, 7) is 21.4. The van der Waals surface area contributed by atoms with E-state index in [1.807, 2.05) is 49.5 Å². The first kappa shape index (κ1) is 30.9. The van der Waals surface area contributed by atoms with Gasteiger partial charge < -0.3 is 24.7 Å². The first-order chi connectivity index (χ1) is 16.3. The normalized spacial score (nSPS) is 13.4. The predicted octanol–water partition coefficient (Wildman–Crippen LogP) is 3.41. The third-order valence-electron chi connectivity index (χ3n) is 4.77. The maximum absolute atomic E-state index is 7.26. The molecule has 2 rings (SSSR count). The Morgan fingerprint density at radius 1 is 0.457 bits per heavy atom. The molecule has 0 heterocycles. The maximum Gasteiger partial charge on any atom is 0.467 e. The highest BCUT2D eigenvalue weighted by atomic mass is 28.5. The standard InChI is InChI=1S/C22H44O6Si7/c1-29(2)23-33(9,24-30(3)4)27-35(21-17-13-11-14-18-21,22-19-15-12-16-20-22)28-34(10,25-31(5)6)26-32(7)8/h11-20,29-32H,1-10H3. The van der Waals surface area contributed by atoms with Gasteiger partial charge in [-0.1, -0.05) is 60.7 Å². The summed E-state index contributed by atoms with van der Waals surface area (Å²) in [6, 6.07) is 20.6. The Bertz CT molecular complexity index is 793. The van der Waals surface area contributed by atoms with Gasteiger partial charge in [0.2, 0.25) is 0 Å². The van der Waals surface area contributed by atoms with Crippen LogP contribution in [0.3, 0.4) is 0 Å². The Morgan fingerprint density at radius 3 is 0.943 bits per heavy atom. The average molecular weight is 601 g/mol. The van der Waals surface area contributed by atoms with Crippen molar-refractivity contribution in [3.8, 4) is 0 Å². The Kier molecular flexibility index (Phi) is 11.9. The third-order valence-corrected chi connectivity index (χ3v) is 26.6. The van der Waals surface area contributed by atoms with Crippen molar-refractivity contribution < 1.29 is 24.7 Å². The van der Waals surface area contributed by atoms with E-state index in [0.717, 1.165) is 10.4 Å². The van der Waals surface area contributed by atoms with Gasteiger partial charge in [0.05, 0.1) is 0 Å². The van der Waals surface area contributed by atoms with Gasteiger partial charge in [0.1, 0.15) is 0 Å². The molecule has 0 saturated carbocycles. The van der Waals surface area contributed by atoms with Gasteiger partial charge in [0.25, 0.3) is 0 Å². The minimum Gasteiger partial charge on any atom is -0.420 e. The molecule has 35 heavy (non-hydrogen) atoms. The van der Waals surface area contributed by atoms with Gasteiger partial charge in [-0.15, -0.1) is 0 Å². The molecular weight excluding hydrogens is 557 g/mol. The average Bonchev–Trinajstić information content (AvgIpc) is 2.71. The first-order valence-corrected chi connectivity index (χ1v) is 29.9. The second-order valence-electron chi connectivity index (χ2n) is 9.94. The van der Waals surface area contributed by atoms with Crippen LogP contribution in [-0.2, 0) is 24.7 Å². The van der Waals surface area contributed by atoms with Gasteiger partial charge in [-0.2, -0.15) is 0 Å². The minimum absolute atomic E-state index is 1.01. The van der Waals surface area contributed by atoms with Crippen LogP contribution < -0.4 is 10.4 Å². The van der Waals surface area contributed by atoms with Gasteiger partial charge in [-0.05, 0) is 62.7 Å². The van der Waals surface area contributed by atoms with Crippen LogP contribution in [0.1, 0.15) is 0 Å². The molecule has 0 spiro atoms. The summed E-state index contributed by atoms with van der Waals surface area (Å²) < 4.78 is 40.9. The van der Waals surface area contributed by atoms with E-state index in [-0.39, 0.29) is 0 Å². The lowest BCUT2D eigenvalue weighted by Gasteiger charge is -2.44. The van der Waals surface area contributed by atoms with Crippen LogP contribution in [0.25, 0.3) is 0 Å². The van der Waals surface area contributed by atoms with Crippen molar-refractivity contribution in [3.63, 3.8) is 0 Å². The van der Waals surface area contributed by atoms with E-state index in [1.165, 1.54) is 0 Å². The van der Waals surface area contributed by atoms with Crippen LogP contribution >= 0.6 is 0 Å². The second kappa shape index (κ2) is 13.5. The SMILES string of the molecule is C[SiH](C)O[Si](C)(O[SiH](C)C)O[Si](O[Si](C)(O[SiH](C)C)O[SiH](C)C)(c1ccccc1)c1ccccc1. The highest BCUT2D eigenvalue weighted by Crippen LogP contribution is 2.26. The van der Waals surface area contributed by atoms with Crippen LogP contribution in [0.4, 0.5) is 0 Å².